The van der Waals surface area contributed by atoms with Crippen LogP contribution in [0, 0.1) is 0 Å². The van der Waals surface area contributed by atoms with Gasteiger partial charge < -0.3 is 0 Å². The Kier molecular flexibility index (Phi) is 3.85. The van der Waals surface area contributed by atoms with Gasteiger partial charge in [0.05, 0.1) is 6.54 Å². The quantitative estimate of drug-likeness (QED) is 0.856. The third-order valence-corrected chi connectivity index (χ3v) is 5.44. The van der Waals surface area contributed by atoms with Crippen LogP contribution in [0.5, 0.6) is 0 Å². The summed E-state index contributed by atoms with van der Waals surface area (Å²) in [5.41, 5.74) is 0.667. The van der Waals surface area contributed by atoms with E-state index in [-0.39, 0.29) is 5.69 Å². The lowest BCUT2D eigenvalue weighted by atomic mass is 10.2. The molecule has 0 radical (unpaired) electrons. The monoisotopic (exact) mass is 292 g/mol. The predicted octanol–water partition coefficient (Wildman–Crippen LogP) is 1.32. The van der Waals surface area contributed by atoms with E-state index < -0.39 is 0 Å². The Hall–Kier alpha value is -1.27. The first-order valence-electron chi connectivity index (χ1n) is 7.06. The van der Waals surface area contributed by atoms with Crippen molar-refractivity contribution in [2.24, 2.45) is 0 Å². The van der Waals surface area contributed by atoms with Crippen LogP contribution in [0.4, 0.5) is 0 Å². The van der Waals surface area contributed by atoms with E-state index in [9.17, 15) is 4.79 Å². The Morgan fingerprint density at radius 3 is 3.00 bits per heavy atom. The van der Waals surface area contributed by atoms with Crippen LogP contribution < -0.4 is 5.69 Å². The lowest BCUT2D eigenvalue weighted by Gasteiger charge is -2.37. The van der Waals surface area contributed by atoms with Crippen molar-refractivity contribution in [1.82, 2.24) is 19.1 Å². The zero-order valence-corrected chi connectivity index (χ0v) is 12.7. The lowest BCUT2D eigenvalue weighted by Crippen LogP contribution is -2.46. The number of hydrogen-bond acceptors (Lipinski definition) is 4. The van der Waals surface area contributed by atoms with Crippen molar-refractivity contribution in [3.8, 4) is 0 Å². The molecule has 2 aromatic rings. The fourth-order valence-corrected chi connectivity index (χ4v) is 3.81. The molecular weight excluding hydrogens is 272 g/mol. The average molecular weight is 292 g/mol. The van der Waals surface area contributed by atoms with E-state index in [2.05, 4.69) is 23.8 Å². The standard InChI is InChI=1S/C14H20N4OS/c1-11-12(2)20-10-9-16(11)7-8-18-14(19)17-6-4-3-5-13(17)15-18/h3-6,11-12H,7-10H2,1-2H3/t11-,12-/m1/s1. The van der Waals surface area contributed by atoms with Crippen molar-refractivity contribution in [1.29, 1.82) is 0 Å². The summed E-state index contributed by atoms with van der Waals surface area (Å²) in [6.07, 6.45) is 1.77. The van der Waals surface area contributed by atoms with Crippen molar-refractivity contribution in [3.05, 3.63) is 34.9 Å². The van der Waals surface area contributed by atoms with E-state index >= 15 is 0 Å². The van der Waals surface area contributed by atoms with Crippen molar-refractivity contribution >= 4 is 17.4 Å². The summed E-state index contributed by atoms with van der Waals surface area (Å²) in [7, 11) is 0. The molecule has 0 unspecified atom stereocenters. The van der Waals surface area contributed by atoms with E-state index in [1.807, 2.05) is 30.0 Å². The van der Waals surface area contributed by atoms with Crippen LogP contribution in [0.2, 0.25) is 0 Å². The summed E-state index contributed by atoms with van der Waals surface area (Å²) in [6.45, 7) is 7.18. The van der Waals surface area contributed by atoms with Crippen LogP contribution in [0.25, 0.3) is 5.65 Å². The first-order chi connectivity index (χ1) is 9.66. The van der Waals surface area contributed by atoms with Gasteiger partial charge in [-0.2, -0.15) is 11.8 Å². The van der Waals surface area contributed by atoms with Crippen molar-refractivity contribution in [2.75, 3.05) is 18.8 Å². The second kappa shape index (κ2) is 5.61. The first kappa shape index (κ1) is 13.7. The zero-order chi connectivity index (χ0) is 14.1. The largest absolute Gasteiger partial charge is 0.350 e. The highest BCUT2D eigenvalue weighted by atomic mass is 32.2. The molecule has 1 saturated heterocycles. The Morgan fingerprint density at radius 2 is 2.20 bits per heavy atom. The number of aromatic nitrogens is 3. The number of rotatable bonds is 3. The minimum Gasteiger partial charge on any atom is -0.297 e. The third kappa shape index (κ3) is 2.50. The van der Waals surface area contributed by atoms with Gasteiger partial charge >= 0.3 is 5.69 Å². The Balaban J connectivity index is 1.74. The number of fused-ring (bicyclic) bond motifs is 1. The summed E-state index contributed by atoms with van der Waals surface area (Å²) >= 11 is 2.03. The topological polar surface area (TPSA) is 42.5 Å². The maximum Gasteiger partial charge on any atom is 0.350 e. The number of nitrogens with zero attached hydrogens (tertiary/aromatic N) is 4. The molecule has 0 saturated carbocycles. The number of hydrogen-bond donors (Lipinski definition) is 0. The third-order valence-electron chi connectivity index (χ3n) is 4.10. The highest BCUT2D eigenvalue weighted by Crippen LogP contribution is 2.23. The van der Waals surface area contributed by atoms with Gasteiger partial charge in [-0.05, 0) is 19.1 Å². The number of pyridine rings is 1. The molecule has 0 N–H and O–H groups in total. The second-order valence-corrected chi connectivity index (χ2v) is 6.77. The molecule has 0 aliphatic carbocycles. The zero-order valence-electron chi connectivity index (χ0n) is 11.9. The molecule has 1 aliphatic rings. The molecule has 6 heteroatoms. The summed E-state index contributed by atoms with van der Waals surface area (Å²) in [5, 5.41) is 5.03. The van der Waals surface area contributed by atoms with Crippen LogP contribution in [0.15, 0.2) is 29.2 Å². The normalized spacial score (nSPS) is 24.3. The second-order valence-electron chi connectivity index (χ2n) is 5.29. The summed E-state index contributed by atoms with van der Waals surface area (Å²) in [6, 6.07) is 6.17. The highest BCUT2D eigenvalue weighted by Gasteiger charge is 2.24. The molecule has 2 aromatic heterocycles. The maximum atomic E-state index is 12.2. The lowest BCUT2D eigenvalue weighted by molar-refractivity contribution is 0.201. The Morgan fingerprint density at radius 1 is 1.35 bits per heavy atom. The molecular formula is C14H20N4OS. The minimum absolute atomic E-state index is 0.0484. The van der Waals surface area contributed by atoms with Crippen LogP contribution >= 0.6 is 11.8 Å². The molecule has 3 rings (SSSR count). The Bertz CT molecular complexity index is 650. The van der Waals surface area contributed by atoms with Gasteiger partial charge in [-0.25, -0.2) is 9.48 Å². The van der Waals surface area contributed by atoms with Gasteiger partial charge in [0.25, 0.3) is 0 Å². The molecule has 0 bridgehead atoms. The van der Waals surface area contributed by atoms with Gasteiger partial charge in [-0.15, -0.1) is 5.10 Å². The maximum absolute atomic E-state index is 12.2. The molecule has 108 valence electrons. The van der Waals surface area contributed by atoms with Gasteiger partial charge in [0.15, 0.2) is 5.65 Å². The minimum atomic E-state index is -0.0484. The van der Waals surface area contributed by atoms with E-state index in [4.69, 9.17) is 0 Å². The fraction of sp³-hybridized carbons (Fsp3) is 0.571. The van der Waals surface area contributed by atoms with Gasteiger partial charge in [0.2, 0.25) is 0 Å². The van der Waals surface area contributed by atoms with E-state index in [1.54, 1.807) is 15.3 Å². The first-order valence-corrected chi connectivity index (χ1v) is 8.11. The molecule has 1 aliphatic heterocycles. The number of thioether (sulfide) groups is 1. The van der Waals surface area contributed by atoms with Crippen molar-refractivity contribution in [3.63, 3.8) is 0 Å². The van der Waals surface area contributed by atoms with Gasteiger partial charge in [-0.3, -0.25) is 9.30 Å². The SMILES string of the molecule is C[C@@H]1[C@@H](C)SCCN1CCn1nc2ccccn2c1=O. The summed E-state index contributed by atoms with van der Waals surface area (Å²) in [5.74, 6) is 1.17. The average Bonchev–Trinajstić information content (AvgIpc) is 2.78. The summed E-state index contributed by atoms with van der Waals surface area (Å²) < 4.78 is 3.17. The van der Waals surface area contributed by atoms with Crippen molar-refractivity contribution < 1.29 is 0 Å². The molecule has 20 heavy (non-hydrogen) atoms. The van der Waals surface area contributed by atoms with Gasteiger partial charge in [0, 0.05) is 36.3 Å². The van der Waals surface area contributed by atoms with E-state index in [1.165, 1.54) is 5.75 Å². The van der Waals surface area contributed by atoms with Gasteiger partial charge in [0.1, 0.15) is 0 Å². The molecule has 3 heterocycles. The van der Waals surface area contributed by atoms with Crippen LogP contribution in [0.3, 0.4) is 0 Å². The van der Waals surface area contributed by atoms with E-state index in [0.29, 0.717) is 23.5 Å². The molecule has 0 aromatic carbocycles. The van der Waals surface area contributed by atoms with Crippen LogP contribution in [-0.4, -0.2) is 49.2 Å². The van der Waals surface area contributed by atoms with Crippen molar-refractivity contribution in [2.45, 2.75) is 31.7 Å². The highest BCUT2D eigenvalue weighted by molar-refractivity contribution is 8.00. The molecule has 5 nitrogen and oxygen atoms in total. The Labute approximate surface area is 122 Å². The molecule has 2 atom stereocenters. The predicted molar refractivity (Wildman–Crippen MR) is 82.4 cm³/mol. The molecule has 0 amide bonds. The fourth-order valence-electron chi connectivity index (χ4n) is 2.65. The van der Waals surface area contributed by atoms with Crippen LogP contribution in [-0.2, 0) is 6.54 Å². The van der Waals surface area contributed by atoms with Crippen LogP contribution in [0.1, 0.15) is 13.8 Å². The van der Waals surface area contributed by atoms with E-state index in [0.717, 1.165) is 13.1 Å². The summed E-state index contributed by atoms with van der Waals surface area (Å²) in [4.78, 5) is 14.6. The molecule has 1 fully saturated rings. The smallest absolute Gasteiger partial charge is 0.297 e. The molecule has 0 spiro atoms. The van der Waals surface area contributed by atoms with Gasteiger partial charge in [-0.1, -0.05) is 13.0 Å².